The summed E-state index contributed by atoms with van der Waals surface area (Å²) in [5.41, 5.74) is 0.822. The molecule has 0 spiro atoms. The summed E-state index contributed by atoms with van der Waals surface area (Å²) in [6.45, 7) is 1.13. The largest absolute Gasteiger partial charge is 0.393 e. The summed E-state index contributed by atoms with van der Waals surface area (Å²) in [5, 5.41) is 15.6. The first kappa shape index (κ1) is 14.0. The van der Waals surface area contributed by atoms with Crippen molar-refractivity contribution in [2.75, 3.05) is 18.4 Å². The van der Waals surface area contributed by atoms with Crippen molar-refractivity contribution in [3.63, 3.8) is 0 Å². The number of hydrogen-bond acceptors (Lipinski definition) is 3. The first-order chi connectivity index (χ1) is 9.24. The van der Waals surface area contributed by atoms with E-state index in [1.165, 1.54) is 0 Å². The van der Waals surface area contributed by atoms with Crippen LogP contribution in [0.5, 0.6) is 0 Å². The molecule has 104 valence electrons. The summed E-state index contributed by atoms with van der Waals surface area (Å²) >= 11 is 0. The molecule has 0 aliphatic heterocycles. The summed E-state index contributed by atoms with van der Waals surface area (Å²) in [6, 6.07) is 9.45. The molecule has 1 aromatic rings. The van der Waals surface area contributed by atoms with Crippen molar-refractivity contribution in [2.45, 2.75) is 31.8 Å². The summed E-state index contributed by atoms with van der Waals surface area (Å²) in [4.78, 5) is 11.7. The molecule has 19 heavy (non-hydrogen) atoms. The predicted molar refractivity (Wildman–Crippen MR) is 75.9 cm³/mol. The number of benzene rings is 1. The molecule has 0 radical (unpaired) electrons. The van der Waals surface area contributed by atoms with Crippen LogP contribution in [-0.4, -0.2) is 30.2 Å². The van der Waals surface area contributed by atoms with E-state index in [-0.39, 0.29) is 12.0 Å². The fraction of sp³-hybridized carbons (Fsp3) is 0.533. The molecule has 2 rings (SSSR count). The second kappa shape index (κ2) is 7.26. The number of carbonyl (C=O) groups is 1. The molecule has 0 heterocycles. The molecule has 1 aromatic carbocycles. The fourth-order valence-electron chi connectivity index (χ4n) is 2.56. The van der Waals surface area contributed by atoms with E-state index in [9.17, 15) is 9.90 Å². The zero-order valence-corrected chi connectivity index (χ0v) is 11.1. The Morgan fingerprint density at radius 2 is 2.05 bits per heavy atom. The maximum absolute atomic E-state index is 11.7. The molecule has 1 fully saturated rings. The van der Waals surface area contributed by atoms with Crippen molar-refractivity contribution in [3.05, 3.63) is 30.3 Å². The van der Waals surface area contributed by atoms with Crippen LogP contribution in [0.4, 0.5) is 5.69 Å². The molecule has 3 N–H and O–H groups in total. The highest BCUT2D eigenvalue weighted by Crippen LogP contribution is 2.23. The number of aliphatic hydroxyl groups excluding tert-OH is 1. The molecule has 2 atom stereocenters. The topological polar surface area (TPSA) is 61.4 Å². The van der Waals surface area contributed by atoms with Gasteiger partial charge in [0.05, 0.1) is 12.6 Å². The first-order valence-electron chi connectivity index (χ1n) is 6.97. The van der Waals surface area contributed by atoms with E-state index in [0.29, 0.717) is 12.5 Å². The van der Waals surface area contributed by atoms with E-state index in [1.807, 2.05) is 30.3 Å². The Hall–Kier alpha value is -1.39. The van der Waals surface area contributed by atoms with Crippen LogP contribution in [0.15, 0.2) is 30.3 Å². The Bertz CT molecular complexity index is 394. The van der Waals surface area contributed by atoms with Crippen LogP contribution in [0.2, 0.25) is 0 Å². The molecular weight excluding hydrogens is 240 g/mol. The van der Waals surface area contributed by atoms with Crippen LogP contribution < -0.4 is 10.6 Å². The van der Waals surface area contributed by atoms with Crippen LogP contribution in [-0.2, 0) is 4.79 Å². The van der Waals surface area contributed by atoms with Gasteiger partial charge < -0.3 is 15.7 Å². The molecule has 1 amide bonds. The van der Waals surface area contributed by atoms with Gasteiger partial charge in [-0.2, -0.15) is 0 Å². The van der Waals surface area contributed by atoms with Crippen LogP contribution in [0.3, 0.4) is 0 Å². The van der Waals surface area contributed by atoms with E-state index >= 15 is 0 Å². The second-order valence-corrected chi connectivity index (χ2v) is 5.23. The Kier molecular flexibility index (Phi) is 5.36. The van der Waals surface area contributed by atoms with Gasteiger partial charge in [-0.05, 0) is 43.9 Å². The smallest absolute Gasteiger partial charge is 0.238 e. The number of anilines is 1. The summed E-state index contributed by atoms with van der Waals surface area (Å²) in [5.74, 6) is 0.468. The molecule has 1 saturated carbocycles. The van der Waals surface area contributed by atoms with E-state index in [4.69, 9.17) is 0 Å². The number of para-hydroxylation sites is 1. The Balaban J connectivity index is 1.64. The number of rotatable bonds is 5. The highest BCUT2D eigenvalue weighted by Gasteiger charge is 2.19. The summed E-state index contributed by atoms with van der Waals surface area (Å²) in [6.07, 6.45) is 3.85. The standard InChI is InChI=1S/C15H22N2O2/c18-14-8-4-5-12(9-14)10-16-11-15(19)17-13-6-2-1-3-7-13/h1-3,6-7,12,14,16,18H,4-5,8-11H2,(H,17,19). The first-order valence-corrected chi connectivity index (χ1v) is 6.97. The summed E-state index contributed by atoms with van der Waals surface area (Å²) < 4.78 is 0. The maximum atomic E-state index is 11.7. The zero-order valence-electron chi connectivity index (χ0n) is 11.1. The van der Waals surface area contributed by atoms with E-state index < -0.39 is 0 Å². The van der Waals surface area contributed by atoms with Crippen molar-refractivity contribution >= 4 is 11.6 Å². The summed E-state index contributed by atoms with van der Waals surface area (Å²) in [7, 11) is 0. The maximum Gasteiger partial charge on any atom is 0.238 e. The Morgan fingerprint density at radius 3 is 2.79 bits per heavy atom. The van der Waals surface area contributed by atoms with Crippen molar-refractivity contribution in [1.82, 2.24) is 5.32 Å². The lowest BCUT2D eigenvalue weighted by atomic mass is 9.87. The quantitative estimate of drug-likeness (QED) is 0.758. The monoisotopic (exact) mass is 262 g/mol. The minimum Gasteiger partial charge on any atom is -0.393 e. The number of amides is 1. The number of hydrogen-bond donors (Lipinski definition) is 3. The van der Waals surface area contributed by atoms with Crippen LogP contribution in [0, 0.1) is 5.92 Å². The SMILES string of the molecule is O=C(CNCC1CCCC(O)C1)Nc1ccccc1. The van der Waals surface area contributed by atoms with Gasteiger partial charge in [-0.3, -0.25) is 4.79 Å². The van der Waals surface area contributed by atoms with Gasteiger partial charge in [-0.25, -0.2) is 0 Å². The van der Waals surface area contributed by atoms with E-state index in [2.05, 4.69) is 10.6 Å². The highest BCUT2D eigenvalue weighted by atomic mass is 16.3. The fourth-order valence-corrected chi connectivity index (χ4v) is 2.56. The second-order valence-electron chi connectivity index (χ2n) is 5.23. The van der Waals surface area contributed by atoms with Gasteiger partial charge in [0, 0.05) is 5.69 Å². The lowest BCUT2D eigenvalue weighted by molar-refractivity contribution is -0.115. The minimum atomic E-state index is -0.154. The van der Waals surface area contributed by atoms with Gasteiger partial charge in [-0.15, -0.1) is 0 Å². The van der Waals surface area contributed by atoms with Gasteiger partial charge in [0.2, 0.25) is 5.91 Å². The van der Waals surface area contributed by atoms with E-state index in [1.54, 1.807) is 0 Å². The molecule has 2 unspecified atom stereocenters. The number of nitrogens with one attached hydrogen (secondary N) is 2. The average molecular weight is 262 g/mol. The zero-order chi connectivity index (χ0) is 13.5. The van der Waals surface area contributed by atoms with Crippen LogP contribution in [0.25, 0.3) is 0 Å². The molecular formula is C15H22N2O2. The highest BCUT2D eigenvalue weighted by molar-refractivity contribution is 5.92. The molecule has 4 heteroatoms. The number of aliphatic hydroxyl groups is 1. The lowest BCUT2D eigenvalue weighted by Gasteiger charge is -2.25. The van der Waals surface area contributed by atoms with Gasteiger partial charge in [-0.1, -0.05) is 24.6 Å². The third-order valence-corrected chi connectivity index (χ3v) is 3.53. The van der Waals surface area contributed by atoms with Gasteiger partial charge in [0.1, 0.15) is 0 Å². The van der Waals surface area contributed by atoms with Crippen LogP contribution in [0.1, 0.15) is 25.7 Å². The molecule has 4 nitrogen and oxygen atoms in total. The Labute approximate surface area is 114 Å². The third kappa shape index (κ3) is 5.01. The van der Waals surface area contributed by atoms with Crippen molar-refractivity contribution in [3.8, 4) is 0 Å². The van der Waals surface area contributed by atoms with Crippen molar-refractivity contribution in [1.29, 1.82) is 0 Å². The number of carbonyl (C=O) groups excluding carboxylic acids is 1. The van der Waals surface area contributed by atoms with Crippen molar-refractivity contribution in [2.24, 2.45) is 5.92 Å². The van der Waals surface area contributed by atoms with Gasteiger partial charge in [0.25, 0.3) is 0 Å². The van der Waals surface area contributed by atoms with Crippen LogP contribution >= 0.6 is 0 Å². The molecule has 1 aliphatic rings. The Morgan fingerprint density at radius 1 is 1.26 bits per heavy atom. The van der Waals surface area contributed by atoms with Gasteiger partial charge >= 0.3 is 0 Å². The van der Waals surface area contributed by atoms with E-state index in [0.717, 1.165) is 37.9 Å². The third-order valence-electron chi connectivity index (χ3n) is 3.53. The van der Waals surface area contributed by atoms with Crippen molar-refractivity contribution < 1.29 is 9.90 Å². The lowest BCUT2D eigenvalue weighted by Crippen LogP contribution is -2.34. The average Bonchev–Trinajstić information content (AvgIpc) is 2.40. The minimum absolute atomic E-state index is 0.0254. The predicted octanol–water partition coefficient (Wildman–Crippen LogP) is 1.77. The molecule has 0 saturated heterocycles. The molecule has 0 bridgehead atoms. The normalized spacial score (nSPS) is 23.0. The molecule has 0 aromatic heterocycles. The molecule has 1 aliphatic carbocycles. The van der Waals surface area contributed by atoms with Gasteiger partial charge in [0.15, 0.2) is 0 Å².